The first-order valence-corrected chi connectivity index (χ1v) is 5.40. The number of carboxylic acids is 2. The molecule has 0 radical (unpaired) electrons. The quantitative estimate of drug-likeness (QED) is 0.661. The van der Waals surface area contributed by atoms with Crippen LogP contribution in [0.4, 0.5) is 0 Å². The van der Waals surface area contributed by atoms with E-state index in [1.807, 2.05) is 0 Å². The van der Waals surface area contributed by atoms with E-state index in [9.17, 15) is 9.59 Å². The molecule has 0 amide bonds. The lowest BCUT2D eigenvalue weighted by Crippen LogP contribution is -1.99. The summed E-state index contributed by atoms with van der Waals surface area (Å²) < 4.78 is 0.840. The van der Waals surface area contributed by atoms with E-state index in [2.05, 4.69) is 15.9 Å². The van der Waals surface area contributed by atoms with Crippen molar-refractivity contribution in [3.63, 3.8) is 0 Å². The maximum Gasteiger partial charge on any atom is 0.336 e. The first kappa shape index (κ1) is 13.2. The molecule has 0 aliphatic rings. The van der Waals surface area contributed by atoms with E-state index in [1.165, 1.54) is 12.2 Å². The molecule has 0 saturated carbocycles. The van der Waals surface area contributed by atoms with E-state index < -0.39 is 11.9 Å². The molecule has 0 fully saturated rings. The monoisotopic (exact) mass is 296 g/mol. The summed E-state index contributed by atoms with van der Waals surface area (Å²) in [5.74, 6) is -2.23. The van der Waals surface area contributed by atoms with Gasteiger partial charge in [-0.05, 0) is 23.8 Å². The van der Waals surface area contributed by atoms with Gasteiger partial charge in [-0.15, -0.1) is 0 Å². The third kappa shape index (κ3) is 4.24. The average Bonchev–Trinajstić information content (AvgIpc) is 2.25. The van der Waals surface area contributed by atoms with Crippen LogP contribution >= 0.6 is 15.9 Å². The summed E-state index contributed by atoms with van der Waals surface area (Å²) >= 11 is 3.24. The molecule has 4 nitrogen and oxygen atoms in total. The predicted octanol–water partition coefficient (Wildman–Crippen LogP) is 2.56. The van der Waals surface area contributed by atoms with Gasteiger partial charge in [0.05, 0.1) is 5.57 Å². The Morgan fingerprint density at radius 3 is 2.18 bits per heavy atom. The fourth-order valence-corrected chi connectivity index (χ4v) is 1.41. The smallest absolute Gasteiger partial charge is 0.336 e. The van der Waals surface area contributed by atoms with Gasteiger partial charge in [-0.25, -0.2) is 9.59 Å². The van der Waals surface area contributed by atoms with Crippen LogP contribution in [0.15, 0.2) is 47.0 Å². The molecule has 1 rings (SSSR count). The van der Waals surface area contributed by atoms with Crippen molar-refractivity contribution in [1.29, 1.82) is 0 Å². The van der Waals surface area contributed by atoms with Crippen molar-refractivity contribution in [1.82, 2.24) is 0 Å². The number of hydrogen-bond acceptors (Lipinski definition) is 2. The van der Waals surface area contributed by atoms with Crippen LogP contribution in [-0.4, -0.2) is 22.2 Å². The molecule has 0 bridgehead atoms. The fourth-order valence-electron chi connectivity index (χ4n) is 1.15. The van der Waals surface area contributed by atoms with Crippen LogP contribution in [0.25, 0.3) is 5.57 Å². The highest BCUT2D eigenvalue weighted by Gasteiger charge is 2.08. The molecule has 17 heavy (non-hydrogen) atoms. The van der Waals surface area contributed by atoms with E-state index in [0.29, 0.717) is 5.56 Å². The third-order valence-corrected chi connectivity index (χ3v) is 2.42. The van der Waals surface area contributed by atoms with Crippen molar-refractivity contribution >= 4 is 33.4 Å². The van der Waals surface area contributed by atoms with Crippen LogP contribution in [-0.2, 0) is 9.59 Å². The summed E-state index contributed by atoms with van der Waals surface area (Å²) in [6.45, 7) is 0. The lowest BCUT2D eigenvalue weighted by Gasteiger charge is -2.01. The number of aliphatic carboxylic acids is 2. The van der Waals surface area contributed by atoms with Crippen LogP contribution in [0.2, 0.25) is 0 Å². The fraction of sp³-hybridized carbons (Fsp3) is 0. The number of carboxylic acid groups (broad SMARTS) is 2. The average molecular weight is 297 g/mol. The van der Waals surface area contributed by atoms with Gasteiger partial charge in [-0.1, -0.05) is 34.1 Å². The van der Waals surface area contributed by atoms with Gasteiger partial charge in [-0.3, -0.25) is 0 Å². The van der Waals surface area contributed by atoms with Crippen LogP contribution in [0.5, 0.6) is 0 Å². The minimum absolute atomic E-state index is 0.0370. The van der Waals surface area contributed by atoms with Crippen molar-refractivity contribution in [3.8, 4) is 0 Å². The van der Waals surface area contributed by atoms with Gasteiger partial charge in [0.15, 0.2) is 0 Å². The molecular weight excluding hydrogens is 288 g/mol. The molecule has 0 saturated heterocycles. The normalized spacial score (nSPS) is 11.7. The van der Waals surface area contributed by atoms with Crippen molar-refractivity contribution in [2.24, 2.45) is 0 Å². The van der Waals surface area contributed by atoms with Crippen LogP contribution in [0.1, 0.15) is 5.56 Å². The second-order valence-corrected chi connectivity index (χ2v) is 4.01. The highest BCUT2D eigenvalue weighted by atomic mass is 79.9. The van der Waals surface area contributed by atoms with Gasteiger partial charge >= 0.3 is 11.9 Å². The SMILES string of the molecule is O=C(O)C=CC=C(C(=O)O)c1ccc(Br)cc1. The number of allylic oxidation sites excluding steroid dienone is 2. The highest BCUT2D eigenvalue weighted by Crippen LogP contribution is 2.18. The third-order valence-electron chi connectivity index (χ3n) is 1.89. The van der Waals surface area contributed by atoms with E-state index in [4.69, 9.17) is 10.2 Å². The first-order chi connectivity index (χ1) is 8.00. The molecule has 1 aromatic carbocycles. The Labute approximate surface area is 106 Å². The summed E-state index contributed by atoms with van der Waals surface area (Å²) in [6.07, 6.45) is 3.31. The maximum absolute atomic E-state index is 11.0. The van der Waals surface area contributed by atoms with Gasteiger partial charge in [0.1, 0.15) is 0 Å². The minimum Gasteiger partial charge on any atom is -0.478 e. The molecule has 0 unspecified atom stereocenters. The van der Waals surface area contributed by atoms with E-state index in [-0.39, 0.29) is 5.57 Å². The molecule has 0 heterocycles. The van der Waals surface area contributed by atoms with Crippen LogP contribution < -0.4 is 0 Å². The number of halogens is 1. The summed E-state index contributed by atoms with van der Waals surface area (Å²) in [5, 5.41) is 17.4. The Kier molecular flexibility index (Phi) is 4.66. The Morgan fingerprint density at radius 2 is 1.71 bits per heavy atom. The Balaban J connectivity index is 3.05. The van der Waals surface area contributed by atoms with Gasteiger partial charge in [0.2, 0.25) is 0 Å². The Morgan fingerprint density at radius 1 is 1.12 bits per heavy atom. The topological polar surface area (TPSA) is 74.6 Å². The van der Waals surface area contributed by atoms with Crippen molar-refractivity contribution < 1.29 is 19.8 Å². The standard InChI is InChI=1S/C12H9BrO4/c13-9-6-4-8(5-7-9)10(12(16)17)2-1-3-11(14)15/h1-7H,(H,14,15)(H,16,17). The van der Waals surface area contributed by atoms with Crippen molar-refractivity contribution in [2.45, 2.75) is 0 Å². The summed E-state index contributed by atoms with van der Waals surface area (Å²) in [5.41, 5.74) is 0.547. The molecule has 0 spiro atoms. The van der Waals surface area contributed by atoms with E-state index in [0.717, 1.165) is 10.5 Å². The lowest BCUT2D eigenvalue weighted by atomic mass is 10.1. The zero-order valence-corrected chi connectivity index (χ0v) is 10.2. The second-order valence-electron chi connectivity index (χ2n) is 3.09. The van der Waals surface area contributed by atoms with Crippen molar-refractivity contribution in [2.75, 3.05) is 0 Å². The molecule has 0 aromatic heterocycles. The van der Waals surface area contributed by atoms with Crippen molar-refractivity contribution in [3.05, 3.63) is 52.5 Å². The molecule has 0 atom stereocenters. The molecule has 88 valence electrons. The Bertz CT molecular complexity index is 486. The molecule has 0 aliphatic carbocycles. The lowest BCUT2D eigenvalue weighted by molar-refractivity contribution is -0.132. The van der Waals surface area contributed by atoms with Crippen LogP contribution in [0, 0.1) is 0 Å². The van der Waals surface area contributed by atoms with Crippen LogP contribution in [0.3, 0.4) is 0 Å². The van der Waals surface area contributed by atoms with Gasteiger partial charge in [0.25, 0.3) is 0 Å². The number of benzene rings is 1. The molecule has 0 aliphatic heterocycles. The molecular formula is C12H9BrO4. The largest absolute Gasteiger partial charge is 0.478 e. The Hall–Kier alpha value is -1.88. The zero-order valence-electron chi connectivity index (χ0n) is 8.63. The minimum atomic E-state index is -1.12. The first-order valence-electron chi connectivity index (χ1n) is 4.61. The number of carbonyl (C=O) groups is 2. The molecule has 1 aromatic rings. The van der Waals surface area contributed by atoms with E-state index >= 15 is 0 Å². The number of hydrogen-bond donors (Lipinski definition) is 2. The number of rotatable bonds is 4. The maximum atomic E-state index is 11.0. The van der Waals surface area contributed by atoms with E-state index in [1.54, 1.807) is 24.3 Å². The summed E-state index contributed by atoms with van der Waals surface area (Å²) in [7, 11) is 0. The predicted molar refractivity (Wildman–Crippen MR) is 66.5 cm³/mol. The summed E-state index contributed by atoms with van der Waals surface area (Å²) in [6, 6.07) is 6.71. The van der Waals surface area contributed by atoms with Gasteiger partial charge in [-0.2, -0.15) is 0 Å². The molecule has 5 heteroatoms. The van der Waals surface area contributed by atoms with Gasteiger partial charge < -0.3 is 10.2 Å². The highest BCUT2D eigenvalue weighted by molar-refractivity contribution is 9.10. The zero-order chi connectivity index (χ0) is 12.8. The van der Waals surface area contributed by atoms with Gasteiger partial charge in [0, 0.05) is 10.5 Å². The second kappa shape index (κ2) is 6.00. The summed E-state index contributed by atoms with van der Waals surface area (Å²) in [4.78, 5) is 21.3. The molecule has 2 N–H and O–H groups in total.